The Morgan fingerprint density at radius 3 is 2.38 bits per heavy atom. The summed E-state index contributed by atoms with van der Waals surface area (Å²) in [6.07, 6.45) is -4.66. The average molecular weight is 365 g/mol. The van der Waals surface area contributed by atoms with E-state index < -0.39 is 34.4 Å². The molecule has 9 heteroatoms. The molecule has 0 aliphatic carbocycles. The minimum Gasteiger partial charge on any atom is -0.334 e. The predicted molar refractivity (Wildman–Crippen MR) is 78.7 cm³/mol. The van der Waals surface area contributed by atoms with Gasteiger partial charge in [-0.2, -0.15) is 13.2 Å². The Balaban J connectivity index is 2.01. The second-order valence-corrected chi connectivity index (χ2v) is 5.16. The number of amides is 2. The van der Waals surface area contributed by atoms with Crippen LogP contribution in [0.15, 0.2) is 36.4 Å². The van der Waals surface area contributed by atoms with Crippen LogP contribution >= 0.6 is 11.6 Å². The standard InChI is InChI=1S/C15H10ClF5N2O/c16-11-3-2-9(6-10(11)15(19,20)21)23-14(24)22-7-8-1-4-12(17)13(18)5-8/h1-6H,7H2,(H2,22,23,24). The van der Waals surface area contributed by atoms with Crippen molar-refractivity contribution < 1.29 is 26.7 Å². The van der Waals surface area contributed by atoms with E-state index in [2.05, 4.69) is 10.6 Å². The average Bonchev–Trinajstić information content (AvgIpc) is 2.49. The molecule has 0 aromatic heterocycles. The van der Waals surface area contributed by atoms with Crippen molar-refractivity contribution in [3.8, 4) is 0 Å². The Hall–Kier alpha value is -2.35. The third-order valence-electron chi connectivity index (χ3n) is 2.97. The van der Waals surface area contributed by atoms with E-state index in [1.54, 1.807) is 0 Å². The summed E-state index contributed by atoms with van der Waals surface area (Å²) >= 11 is 5.47. The normalized spacial score (nSPS) is 11.2. The number of nitrogens with one attached hydrogen (secondary N) is 2. The number of benzene rings is 2. The molecule has 0 saturated heterocycles. The third-order valence-corrected chi connectivity index (χ3v) is 3.30. The maximum Gasteiger partial charge on any atom is 0.417 e. The zero-order chi connectivity index (χ0) is 17.9. The Labute approximate surface area is 138 Å². The summed E-state index contributed by atoms with van der Waals surface area (Å²) in [6.45, 7) is -0.136. The van der Waals surface area contributed by atoms with Crippen LogP contribution in [0.1, 0.15) is 11.1 Å². The number of hydrogen-bond donors (Lipinski definition) is 2. The number of carbonyl (C=O) groups is 1. The van der Waals surface area contributed by atoms with Gasteiger partial charge in [0.15, 0.2) is 11.6 Å². The first kappa shape index (κ1) is 18.0. The lowest BCUT2D eigenvalue weighted by Crippen LogP contribution is -2.28. The van der Waals surface area contributed by atoms with Crippen LogP contribution in [0.3, 0.4) is 0 Å². The number of urea groups is 1. The first-order valence-electron chi connectivity index (χ1n) is 6.52. The van der Waals surface area contributed by atoms with Crippen molar-refractivity contribution in [2.24, 2.45) is 0 Å². The van der Waals surface area contributed by atoms with E-state index in [1.165, 1.54) is 12.1 Å². The maximum atomic E-state index is 13.0. The number of alkyl halides is 3. The minimum atomic E-state index is -4.66. The van der Waals surface area contributed by atoms with Crippen molar-refractivity contribution in [1.82, 2.24) is 5.32 Å². The Morgan fingerprint density at radius 1 is 1.04 bits per heavy atom. The molecule has 0 bridgehead atoms. The molecular weight excluding hydrogens is 355 g/mol. The fraction of sp³-hybridized carbons (Fsp3) is 0.133. The molecule has 2 N–H and O–H groups in total. The van der Waals surface area contributed by atoms with Crippen molar-refractivity contribution >= 4 is 23.3 Å². The van der Waals surface area contributed by atoms with Gasteiger partial charge >= 0.3 is 12.2 Å². The topological polar surface area (TPSA) is 41.1 Å². The van der Waals surface area contributed by atoms with Gasteiger partial charge in [0.05, 0.1) is 10.6 Å². The molecule has 0 fully saturated rings. The van der Waals surface area contributed by atoms with Crippen molar-refractivity contribution in [1.29, 1.82) is 0 Å². The highest BCUT2D eigenvalue weighted by Crippen LogP contribution is 2.36. The van der Waals surface area contributed by atoms with Crippen LogP contribution in [0.2, 0.25) is 5.02 Å². The van der Waals surface area contributed by atoms with Gasteiger partial charge in [-0.05, 0) is 35.9 Å². The Morgan fingerprint density at radius 2 is 1.75 bits per heavy atom. The van der Waals surface area contributed by atoms with Crippen molar-refractivity contribution in [2.75, 3.05) is 5.32 Å². The predicted octanol–water partition coefficient (Wildman–Crippen LogP) is 4.96. The highest BCUT2D eigenvalue weighted by molar-refractivity contribution is 6.31. The molecule has 0 spiro atoms. The lowest BCUT2D eigenvalue weighted by molar-refractivity contribution is -0.137. The van der Waals surface area contributed by atoms with E-state index in [-0.39, 0.29) is 17.8 Å². The minimum absolute atomic E-state index is 0.116. The molecule has 0 heterocycles. The number of halogens is 6. The summed E-state index contributed by atoms with van der Waals surface area (Å²) < 4.78 is 64.0. The number of carbonyl (C=O) groups excluding carboxylic acids is 1. The summed E-state index contributed by atoms with van der Waals surface area (Å²) in [5, 5.41) is 4.02. The fourth-order valence-corrected chi connectivity index (χ4v) is 2.05. The molecule has 0 unspecified atom stereocenters. The van der Waals surface area contributed by atoms with Crippen LogP contribution in [-0.2, 0) is 12.7 Å². The molecule has 2 amide bonds. The van der Waals surface area contributed by atoms with Gasteiger partial charge in [-0.3, -0.25) is 0 Å². The molecule has 0 aliphatic rings. The molecule has 0 atom stereocenters. The van der Waals surface area contributed by atoms with Gasteiger partial charge in [-0.25, -0.2) is 13.6 Å². The molecule has 24 heavy (non-hydrogen) atoms. The van der Waals surface area contributed by atoms with Crippen LogP contribution < -0.4 is 10.6 Å². The van der Waals surface area contributed by atoms with E-state index in [4.69, 9.17) is 11.6 Å². The highest BCUT2D eigenvalue weighted by Gasteiger charge is 2.33. The molecular formula is C15H10ClF5N2O. The van der Waals surface area contributed by atoms with Gasteiger partial charge in [-0.15, -0.1) is 0 Å². The molecule has 3 nitrogen and oxygen atoms in total. The van der Waals surface area contributed by atoms with E-state index in [0.717, 1.165) is 18.2 Å². The van der Waals surface area contributed by atoms with Gasteiger partial charge in [0.2, 0.25) is 0 Å². The molecule has 0 aliphatic heterocycles. The second-order valence-electron chi connectivity index (χ2n) is 4.75. The lowest BCUT2D eigenvalue weighted by Gasteiger charge is -2.12. The molecule has 0 radical (unpaired) electrons. The monoisotopic (exact) mass is 364 g/mol. The van der Waals surface area contributed by atoms with Crippen LogP contribution in [-0.4, -0.2) is 6.03 Å². The largest absolute Gasteiger partial charge is 0.417 e. The molecule has 2 aromatic carbocycles. The second kappa shape index (κ2) is 7.04. The van der Waals surface area contributed by atoms with Gasteiger partial charge in [0, 0.05) is 12.2 Å². The first-order chi connectivity index (χ1) is 11.2. The van der Waals surface area contributed by atoms with Crippen molar-refractivity contribution in [3.63, 3.8) is 0 Å². The van der Waals surface area contributed by atoms with E-state index in [9.17, 15) is 26.7 Å². The summed E-state index contributed by atoms with van der Waals surface area (Å²) in [5.74, 6) is -2.09. The zero-order valence-corrected chi connectivity index (χ0v) is 12.6. The first-order valence-corrected chi connectivity index (χ1v) is 6.90. The zero-order valence-electron chi connectivity index (χ0n) is 11.8. The number of hydrogen-bond acceptors (Lipinski definition) is 1. The maximum absolute atomic E-state index is 13.0. The molecule has 2 aromatic rings. The molecule has 0 saturated carbocycles. The van der Waals surface area contributed by atoms with Gasteiger partial charge < -0.3 is 10.6 Å². The Kier molecular flexibility index (Phi) is 5.28. The smallest absolute Gasteiger partial charge is 0.334 e. The van der Waals surface area contributed by atoms with E-state index >= 15 is 0 Å². The van der Waals surface area contributed by atoms with Gasteiger partial charge in [0.25, 0.3) is 0 Å². The lowest BCUT2D eigenvalue weighted by atomic mass is 10.2. The number of anilines is 1. The summed E-state index contributed by atoms with van der Waals surface area (Å²) in [5.41, 5.74) is -0.909. The summed E-state index contributed by atoms with van der Waals surface area (Å²) in [4.78, 5) is 11.7. The van der Waals surface area contributed by atoms with Crippen molar-refractivity contribution in [3.05, 3.63) is 64.2 Å². The van der Waals surface area contributed by atoms with Gasteiger partial charge in [-0.1, -0.05) is 17.7 Å². The quantitative estimate of drug-likeness (QED) is 0.743. The highest BCUT2D eigenvalue weighted by atomic mass is 35.5. The third kappa shape index (κ3) is 4.58. The van der Waals surface area contributed by atoms with Crippen molar-refractivity contribution in [2.45, 2.75) is 12.7 Å². The SMILES string of the molecule is O=C(NCc1ccc(F)c(F)c1)Nc1ccc(Cl)c(C(F)(F)F)c1. The van der Waals surface area contributed by atoms with Crippen LogP contribution in [0.25, 0.3) is 0 Å². The Bertz CT molecular complexity index is 764. The van der Waals surface area contributed by atoms with Gasteiger partial charge in [0.1, 0.15) is 0 Å². The van der Waals surface area contributed by atoms with Crippen LogP contribution in [0.5, 0.6) is 0 Å². The molecule has 2 rings (SSSR count). The van der Waals surface area contributed by atoms with E-state index in [1.807, 2.05) is 0 Å². The van der Waals surface area contributed by atoms with E-state index in [0.29, 0.717) is 6.07 Å². The molecule has 128 valence electrons. The summed E-state index contributed by atoms with van der Waals surface area (Å²) in [7, 11) is 0. The number of rotatable bonds is 3. The van der Waals surface area contributed by atoms with Crippen LogP contribution in [0, 0.1) is 11.6 Å². The summed E-state index contributed by atoms with van der Waals surface area (Å²) in [6, 6.07) is 5.17. The fourth-order valence-electron chi connectivity index (χ4n) is 1.83. The van der Waals surface area contributed by atoms with Crippen LogP contribution in [0.4, 0.5) is 32.4 Å².